The molecule has 1 amide bonds. The zero-order valence-corrected chi connectivity index (χ0v) is 10.2. The van der Waals surface area contributed by atoms with Crippen molar-refractivity contribution in [3.63, 3.8) is 0 Å². The molecule has 0 unspecified atom stereocenters. The van der Waals surface area contributed by atoms with Crippen molar-refractivity contribution in [2.75, 3.05) is 0 Å². The lowest BCUT2D eigenvalue weighted by molar-refractivity contribution is -0.118. The fourth-order valence-electron chi connectivity index (χ4n) is 1.65. The third-order valence-corrected chi connectivity index (χ3v) is 2.70. The molecule has 0 radical (unpaired) electrons. The van der Waals surface area contributed by atoms with Crippen LogP contribution in [0.25, 0.3) is 0 Å². The first-order valence-corrected chi connectivity index (χ1v) is 5.98. The van der Waals surface area contributed by atoms with Gasteiger partial charge >= 0.3 is 0 Å². The van der Waals surface area contributed by atoms with Gasteiger partial charge in [0.1, 0.15) is 0 Å². The first-order valence-electron chi connectivity index (χ1n) is 5.98. The van der Waals surface area contributed by atoms with Crippen molar-refractivity contribution in [3.8, 4) is 0 Å². The molecule has 0 saturated carbocycles. The van der Waals surface area contributed by atoms with E-state index < -0.39 is 0 Å². The van der Waals surface area contributed by atoms with Gasteiger partial charge < -0.3 is 5.73 Å². The minimum absolute atomic E-state index is 0.170. The fourth-order valence-corrected chi connectivity index (χ4v) is 1.65. The van der Waals surface area contributed by atoms with Crippen molar-refractivity contribution < 1.29 is 9.59 Å². The molecule has 0 spiro atoms. The Labute approximate surface area is 102 Å². The fraction of sp³-hybridized carbons (Fsp3) is 0.429. The minimum atomic E-state index is -0.269. The molecule has 0 atom stereocenters. The van der Waals surface area contributed by atoms with Crippen LogP contribution in [-0.4, -0.2) is 11.7 Å². The van der Waals surface area contributed by atoms with Crippen LogP contribution in [0.15, 0.2) is 24.3 Å². The molecular weight excluding hydrogens is 214 g/mol. The molecule has 0 saturated heterocycles. The molecule has 3 heteroatoms. The number of unbranched alkanes of at least 4 members (excludes halogenated alkanes) is 2. The molecule has 1 aromatic rings. The molecule has 0 heterocycles. The summed E-state index contributed by atoms with van der Waals surface area (Å²) in [6.45, 7) is 2.00. The number of Topliss-reactive ketones (excluding diaryl/α,β-unsaturated/α-hetero) is 1. The van der Waals surface area contributed by atoms with Crippen LogP contribution in [0.5, 0.6) is 0 Å². The number of benzene rings is 1. The average Bonchev–Trinajstić information content (AvgIpc) is 2.29. The highest BCUT2D eigenvalue weighted by Crippen LogP contribution is 2.10. The van der Waals surface area contributed by atoms with Gasteiger partial charge in [0, 0.05) is 18.4 Å². The highest BCUT2D eigenvalue weighted by Gasteiger charge is 2.05. The molecule has 0 bridgehead atoms. The summed E-state index contributed by atoms with van der Waals surface area (Å²) in [6.07, 6.45) is 3.43. The van der Waals surface area contributed by atoms with Crippen molar-refractivity contribution in [2.45, 2.75) is 39.0 Å². The van der Waals surface area contributed by atoms with Gasteiger partial charge in [0.25, 0.3) is 0 Å². The Morgan fingerprint density at radius 2 is 1.59 bits per heavy atom. The van der Waals surface area contributed by atoms with E-state index in [4.69, 9.17) is 5.73 Å². The second kappa shape index (κ2) is 6.84. The predicted octanol–water partition coefficient (Wildman–Crippen LogP) is 2.61. The molecule has 92 valence electrons. The molecule has 0 fully saturated rings. The Balaban J connectivity index is 2.25. The monoisotopic (exact) mass is 233 g/mol. The summed E-state index contributed by atoms with van der Waals surface area (Å²) in [5.74, 6) is -0.0982. The van der Waals surface area contributed by atoms with Gasteiger partial charge in [-0.05, 0) is 19.8 Å². The van der Waals surface area contributed by atoms with Crippen LogP contribution < -0.4 is 5.73 Å². The third-order valence-electron chi connectivity index (χ3n) is 2.70. The zero-order valence-electron chi connectivity index (χ0n) is 10.2. The molecule has 0 aliphatic rings. The molecular formula is C14H19NO2. The van der Waals surface area contributed by atoms with Gasteiger partial charge in [-0.1, -0.05) is 36.2 Å². The number of ketones is 1. The van der Waals surface area contributed by atoms with Crippen molar-refractivity contribution >= 4 is 11.7 Å². The smallest absolute Gasteiger partial charge is 0.217 e. The topological polar surface area (TPSA) is 60.2 Å². The van der Waals surface area contributed by atoms with E-state index in [1.807, 2.05) is 31.2 Å². The maximum absolute atomic E-state index is 11.8. The van der Waals surface area contributed by atoms with Crippen molar-refractivity contribution in [1.29, 1.82) is 0 Å². The van der Waals surface area contributed by atoms with Gasteiger partial charge in [-0.2, -0.15) is 0 Å². The van der Waals surface area contributed by atoms with E-state index in [0.717, 1.165) is 30.4 Å². The van der Waals surface area contributed by atoms with E-state index >= 15 is 0 Å². The van der Waals surface area contributed by atoms with Gasteiger partial charge in [-0.15, -0.1) is 0 Å². The summed E-state index contributed by atoms with van der Waals surface area (Å²) in [5, 5.41) is 0. The Hall–Kier alpha value is -1.64. The van der Waals surface area contributed by atoms with E-state index in [2.05, 4.69) is 0 Å². The Morgan fingerprint density at radius 3 is 2.18 bits per heavy atom. The van der Waals surface area contributed by atoms with Crippen LogP contribution in [0.4, 0.5) is 0 Å². The lowest BCUT2D eigenvalue weighted by atomic mass is 10.0. The number of rotatable bonds is 7. The van der Waals surface area contributed by atoms with Crippen LogP contribution >= 0.6 is 0 Å². The first-order chi connectivity index (χ1) is 8.09. The molecule has 3 nitrogen and oxygen atoms in total. The summed E-state index contributed by atoms with van der Waals surface area (Å²) in [6, 6.07) is 7.61. The van der Waals surface area contributed by atoms with Gasteiger partial charge in [0.15, 0.2) is 5.78 Å². The average molecular weight is 233 g/mol. The number of hydrogen-bond acceptors (Lipinski definition) is 2. The summed E-state index contributed by atoms with van der Waals surface area (Å²) in [5.41, 5.74) is 6.96. The van der Waals surface area contributed by atoms with Crippen molar-refractivity contribution in [2.24, 2.45) is 5.73 Å². The molecule has 1 rings (SSSR count). The Morgan fingerprint density at radius 1 is 1.00 bits per heavy atom. The number of amides is 1. The largest absolute Gasteiger partial charge is 0.370 e. The third kappa shape index (κ3) is 5.29. The van der Waals surface area contributed by atoms with Crippen molar-refractivity contribution in [1.82, 2.24) is 0 Å². The van der Waals surface area contributed by atoms with Crippen LogP contribution in [0.1, 0.15) is 48.0 Å². The zero-order chi connectivity index (χ0) is 12.7. The number of carbonyl (C=O) groups excluding carboxylic acids is 2. The second-order valence-electron chi connectivity index (χ2n) is 4.32. The van der Waals surface area contributed by atoms with E-state index in [1.54, 1.807) is 0 Å². The number of hydrogen-bond donors (Lipinski definition) is 1. The van der Waals surface area contributed by atoms with E-state index in [9.17, 15) is 9.59 Å². The summed E-state index contributed by atoms with van der Waals surface area (Å²) >= 11 is 0. The molecule has 1 aromatic carbocycles. The van der Waals surface area contributed by atoms with Gasteiger partial charge in [0.05, 0.1) is 0 Å². The lowest BCUT2D eigenvalue weighted by Gasteiger charge is -2.01. The molecule has 2 N–H and O–H groups in total. The Bertz CT molecular complexity index is 382. The van der Waals surface area contributed by atoms with E-state index in [1.165, 1.54) is 0 Å². The summed E-state index contributed by atoms with van der Waals surface area (Å²) in [4.78, 5) is 22.3. The van der Waals surface area contributed by atoms with Crippen LogP contribution in [0, 0.1) is 6.92 Å². The normalized spacial score (nSPS) is 10.2. The van der Waals surface area contributed by atoms with E-state index in [-0.39, 0.29) is 11.7 Å². The second-order valence-corrected chi connectivity index (χ2v) is 4.32. The lowest BCUT2D eigenvalue weighted by Crippen LogP contribution is -2.09. The Kier molecular flexibility index (Phi) is 5.40. The standard InChI is InChI=1S/C14H19NO2/c1-11-7-9-12(10-8-11)13(16)5-3-2-4-6-14(15)17/h7-10H,2-6H2,1H3,(H2,15,17). The van der Waals surface area contributed by atoms with E-state index in [0.29, 0.717) is 12.8 Å². The quantitative estimate of drug-likeness (QED) is 0.581. The minimum Gasteiger partial charge on any atom is -0.370 e. The molecule has 17 heavy (non-hydrogen) atoms. The summed E-state index contributed by atoms with van der Waals surface area (Å²) < 4.78 is 0. The highest BCUT2D eigenvalue weighted by molar-refractivity contribution is 5.96. The molecule has 0 aliphatic heterocycles. The first kappa shape index (κ1) is 13.4. The summed E-state index contributed by atoms with van der Waals surface area (Å²) in [7, 11) is 0. The maximum atomic E-state index is 11.8. The SMILES string of the molecule is Cc1ccc(C(=O)CCCCCC(N)=O)cc1. The number of primary amides is 1. The number of carbonyl (C=O) groups is 2. The maximum Gasteiger partial charge on any atom is 0.217 e. The van der Waals surface area contributed by atoms with Crippen LogP contribution in [-0.2, 0) is 4.79 Å². The van der Waals surface area contributed by atoms with Crippen LogP contribution in [0.3, 0.4) is 0 Å². The van der Waals surface area contributed by atoms with Gasteiger partial charge in [0.2, 0.25) is 5.91 Å². The highest BCUT2D eigenvalue weighted by atomic mass is 16.1. The molecule has 0 aliphatic carbocycles. The van der Waals surface area contributed by atoms with Gasteiger partial charge in [-0.25, -0.2) is 0 Å². The number of aryl methyl sites for hydroxylation is 1. The van der Waals surface area contributed by atoms with Gasteiger partial charge in [-0.3, -0.25) is 9.59 Å². The predicted molar refractivity (Wildman–Crippen MR) is 67.8 cm³/mol. The van der Waals surface area contributed by atoms with Crippen LogP contribution in [0.2, 0.25) is 0 Å². The molecule has 0 aromatic heterocycles. The van der Waals surface area contributed by atoms with Crippen molar-refractivity contribution in [3.05, 3.63) is 35.4 Å². The number of nitrogens with two attached hydrogens (primary N) is 1.